The molecule has 0 aliphatic carbocycles. The van der Waals surface area contributed by atoms with Gasteiger partial charge in [-0.15, -0.1) is 0 Å². The number of hydrogen-bond acceptors (Lipinski definition) is 4. The molecule has 1 aliphatic rings. The standard InChI is InChI=1S/C21H24N2O4/c24-14-16-5-3-9-23(13-16)20(25)17-6-2-8-19(11-17)22-12-15-4-1-7-18(10-15)21(26)27/h1-2,4,6-8,10-11,16,22,24H,3,5,9,12-14H2,(H,26,27). The second-order valence-electron chi connectivity index (χ2n) is 6.88. The van der Waals surface area contributed by atoms with E-state index in [0.717, 1.165) is 30.6 Å². The Bertz CT molecular complexity index is 821. The molecule has 0 spiro atoms. The quantitative estimate of drug-likeness (QED) is 0.729. The first-order chi connectivity index (χ1) is 13.1. The maximum atomic E-state index is 12.8. The zero-order valence-electron chi connectivity index (χ0n) is 15.1. The number of nitrogens with one attached hydrogen (secondary N) is 1. The van der Waals surface area contributed by atoms with Gasteiger partial charge < -0.3 is 20.4 Å². The van der Waals surface area contributed by atoms with E-state index in [2.05, 4.69) is 5.32 Å². The molecular weight excluding hydrogens is 344 g/mol. The molecule has 1 heterocycles. The Morgan fingerprint density at radius 3 is 2.67 bits per heavy atom. The Labute approximate surface area is 158 Å². The van der Waals surface area contributed by atoms with E-state index in [-0.39, 0.29) is 24.0 Å². The number of piperidine rings is 1. The van der Waals surface area contributed by atoms with Gasteiger partial charge in [-0.3, -0.25) is 4.79 Å². The van der Waals surface area contributed by atoms with Crippen molar-refractivity contribution < 1.29 is 19.8 Å². The predicted octanol–water partition coefficient (Wildman–Crippen LogP) is 2.84. The number of nitrogens with zero attached hydrogens (tertiary/aromatic N) is 1. The summed E-state index contributed by atoms with van der Waals surface area (Å²) in [7, 11) is 0. The summed E-state index contributed by atoms with van der Waals surface area (Å²) < 4.78 is 0. The highest BCUT2D eigenvalue weighted by Gasteiger charge is 2.24. The number of aliphatic hydroxyl groups excluding tert-OH is 1. The summed E-state index contributed by atoms with van der Waals surface area (Å²) in [4.78, 5) is 25.6. The lowest BCUT2D eigenvalue weighted by Gasteiger charge is -2.32. The van der Waals surface area contributed by atoms with Crippen LogP contribution in [0, 0.1) is 5.92 Å². The van der Waals surface area contributed by atoms with Crippen LogP contribution in [0.4, 0.5) is 5.69 Å². The molecule has 1 fully saturated rings. The monoisotopic (exact) mass is 368 g/mol. The van der Waals surface area contributed by atoms with E-state index in [1.807, 2.05) is 24.3 Å². The molecule has 0 aromatic heterocycles. The zero-order valence-corrected chi connectivity index (χ0v) is 15.1. The molecule has 142 valence electrons. The molecule has 0 bridgehead atoms. The first-order valence-corrected chi connectivity index (χ1v) is 9.13. The van der Waals surface area contributed by atoms with Crippen molar-refractivity contribution in [3.05, 3.63) is 65.2 Å². The zero-order chi connectivity index (χ0) is 19.2. The number of benzene rings is 2. The summed E-state index contributed by atoms with van der Waals surface area (Å²) in [6, 6.07) is 14.1. The predicted molar refractivity (Wildman–Crippen MR) is 103 cm³/mol. The topological polar surface area (TPSA) is 89.9 Å². The van der Waals surface area contributed by atoms with Gasteiger partial charge in [-0.25, -0.2) is 4.79 Å². The number of hydrogen-bond donors (Lipinski definition) is 3. The fraction of sp³-hybridized carbons (Fsp3) is 0.333. The van der Waals surface area contributed by atoms with Crippen molar-refractivity contribution in [2.45, 2.75) is 19.4 Å². The second-order valence-corrected chi connectivity index (χ2v) is 6.88. The fourth-order valence-corrected chi connectivity index (χ4v) is 3.36. The first kappa shape index (κ1) is 18.9. The van der Waals surface area contributed by atoms with Gasteiger partial charge in [0.1, 0.15) is 0 Å². The normalized spacial score (nSPS) is 16.8. The highest BCUT2D eigenvalue weighted by molar-refractivity contribution is 5.95. The van der Waals surface area contributed by atoms with Crippen LogP contribution in [0.15, 0.2) is 48.5 Å². The van der Waals surface area contributed by atoms with Crippen LogP contribution in [0.3, 0.4) is 0 Å². The average Bonchev–Trinajstić information content (AvgIpc) is 2.72. The molecule has 0 saturated carbocycles. The Kier molecular flexibility index (Phi) is 6.08. The van der Waals surface area contributed by atoms with Crippen LogP contribution in [0.2, 0.25) is 0 Å². The number of aromatic carboxylic acids is 1. The third-order valence-electron chi connectivity index (χ3n) is 4.84. The summed E-state index contributed by atoms with van der Waals surface area (Å²) >= 11 is 0. The summed E-state index contributed by atoms with van der Waals surface area (Å²) in [6.07, 6.45) is 1.87. The summed E-state index contributed by atoms with van der Waals surface area (Å²) in [6.45, 7) is 1.89. The molecule has 1 unspecified atom stereocenters. The van der Waals surface area contributed by atoms with Gasteiger partial charge in [-0.1, -0.05) is 18.2 Å². The third kappa shape index (κ3) is 4.86. The Morgan fingerprint density at radius 2 is 1.89 bits per heavy atom. The van der Waals surface area contributed by atoms with Crippen molar-refractivity contribution in [3.63, 3.8) is 0 Å². The maximum absolute atomic E-state index is 12.8. The SMILES string of the molecule is O=C(O)c1cccc(CNc2cccc(C(=O)N3CCCC(CO)C3)c2)c1. The molecular formula is C21H24N2O4. The molecule has 2 aromatic rings. The van der Waals surface area contributed by atoms with E-state index < -0.39 is 5.97 Å². The summed E-state index contributed by atoms with van der Waals surface area (Å²) in [5.74, 6) is -0.817. The van der Waals surface area contributed by atoms with Gasteiger partial charge in [-0.2, -0.15) is 0 Å². The molecule has 6 heteroatoms. The number of carbonyl (C=O) groups excluding carboxylic acids is 1. The Morgan fingerprint density at radius 1 is 1.11 bits per heavy atom. The molecule has 3 N–H and O–H groups in total. The minimum Gasteiger partial charge on any atom is -0.478 e. The van der Waals surface area contributed by atoms with E-state index in [4.69, 9.17) is 5.11 Å². The van der Waals surface area contributed by atoms with Crippen molar-refractivity contribution in [1.82, 2.24) is 4.90 Å². The molecule has 6 nitrogen and oxygen atoms in total. The van der Waals surface area contributed by atoms with Gasteiger partial charge in [0, 0.05) is 37.5 Å². The third-order valence-corrected chi connectivity index (χ3v) is 4.84. The van der Waals surface area contributed by atoms with E-state index >= 15 is 0 Å². The lowest BCUT2D eigenvalue weighted by atomic mass is 9.98. The number of rotatable bonds is 6. The Hall–Kier alpha value is -2.86. The minimum atomic E-state index is -0.952. The second kappa shape index (κ2) is 8.68. The smallest absolute Gasteiger partial charge is 0.335 e. The van der Waals surface area contributed by atoms with E-state index in [1.165, 1.54) is 0 Å². The van der Waals surface area contributed by atoms with Crippen molar-refractivity contribution >= 4 is 17.6 Å². The highest BCUT2D eigenvalue weighted by Crippen LogP contribution is 2.20. The highest BCUT2D eigenvalue weighted by atomic mass is 16.4. The number of carboxylic acid groups (broad SMARTS) is 1. The largest absolute Gasteiger partial charge is 0.478 e. The molecule has 2 aromatic carbocycles. The number of anilines is 1. The summed E-state index contributed by atoms with van der Waals surface area (Å²) in [5.41, 5.74) is 2.52. The molecule has 0 radical (unpaired) electrons. The number of carboxylic acids is 1. The van der Waals surface area contributed by atoms with Crippen molar-refractivity contribution in [1.29, 1.82) is 0 Å². The van der Waals surface area contributed by atoms with E-state index in [1.54, 1.807) is 29.2 Å². The van der Waals surface area contributed by atoms with Crippen LogP contribution in [-0.2, 0) is 6.54 Å². The van der Waals surface area contributed by atoms with Crippen LogP contribution in [0.25, 0.3) is 0 Å². The van der Waals surface area contributed by atoms with Crippen molar-refractivity contribution in [3.8, 4) is 0 Å². The Balaban J connectivity index is 1.66. The van der Waals surface area contributed by atoms with Crippen LogP contribution in [0.5, 0.6) is 0 Å². The number of carbonyl (C=O) groups is 2. The molecule has 1 amide bonds. The van der Waals surface area contributed by atoms with Gasteiger partial charge in [0.2, 0.25) is 0 Å². The lowest BCUT2D eigenvalue weighted by Crippen LogP contribution is -2.40. The summed E-state index contributed by atoms with van der Waals surface area (Å²) in [5, 5.41) is 21.7. The van der Waals surface area contributed by atoms with Crippen LogP contribution in [0.1, 0.15) is 39.1 Å². The van der Waals surface area contributed by atoms with Gasteiger partial charge in [-0.05, 0) is 54.7 Å². The molecule has 3 rings (SSSR count). The van der Waals surface area contributed by atoms with Crippen LogP contribution >= 0.6 is 0 Å². The molecule has 27 heavy (non-hydrogen) atoms. The van der Waals surface area contributed by atoms with E-state index in [9.17, 15) is 14.7 Å². The van der Waals surface area contributed by atoms with Gasteiger partial charge >= 0.3 is 5.97 Å². The van der Waals surface area contributed by atoms with Gasteiger partial charge in [0.15, 0.2) is 0 Å². The van der Waals surface area contributed by atoms with Gasteiger partial charge in [0.05, 0.1) is 5.56 Å². The first-order valence-electron chi connectivity index (χ1n) is 9.13. The minimum absolute atomic E-state index is 0.0234. The van der Waals surface area contributed by atoms with Crippen LogP contribution < -0.4 is 5.32 Å². The van der Waals surface area contributed by atoms with Crippen molar-refractivity contribution in [2.75, 3.05) is 25.0 Å². The molecule has 1 atom stereocenters. The average molecular weight is 368 g/mol. The number of aliphatic hydroxyl groups is 1. The maximum Gasteiger partial charge on any atom is 0.335 e. The lowest BCUT2D eigenvalue weighted by molar-refractivity contribution is 0.0619. The molecule has 1 aliphatic heterocycles. The number of likely N-dealkylation sites (tertiary alicyclic amines) is 1. The number of amides is 1. The van der Waals surface area contributed by atoms with Gasteiger partial charge in [0.25, 0.3) is 5.91 Å². The van der Waals surface area contributed by atoms with Crippen molar-refractivity contribution in [2.24, 2.45) is 5.92 Å². The van der Waals surface area contributed by atoms with Crippen LogP contribution in [-0.4, -0.2) is 46.7 Å². The van der Waals surface area contributed by atoms with E-state index in [0.29, 0.717) is 18.7 Å². The molecule has 1 saturated heterocycles. The fourth-order valence-electron chi connectivity index (χ4n) is 3.36.